The number of para-hydroxylation sites is 2. The summed E-state index contributed by atoms with van der Waals surface area (Å²) in [5, 5.41) is 0. The van der Waals surface area contributed by atoms with Gasteiger partial charge in [-0.25, -0.2) is 4.79 Å². The van der Waals surface area contributed by atoms with Crippen molar-refractivity contribution in [3.8, 4) is 5.75 Å². The number of carbonyl (C=O) groups is 1. The minimum atomic E-state index is -0.367. The maximum atomic E-state index is 11.4. The molecule has 1 aromatic rings. The summed E-state index contributed by atoms with van der Waals surface area (Å²) in [6, 6.07) is 7.05. The van der Waals surface area contributed by atoms with Crippen molar-refractivity contribution in [1.29, 1.82) is 0 Å². The Hall–Kier alpha value is -1.71. The summed E-state index contributed by atoms with van der Waals surface area (Å²) < 4.78 is 10.3. The Morgan fingerprint density at radius 3 is 2.76 bits per heavy atom. The molecule has 0 amide bonds. The Bertz CT molecular complexity index is 365. The molecular weight excluding hydrogens is 218 g/mol. The third-order valence-electron chi connectivity index (χ3n) is 2.49. The van der Waals surface area contributed by atoms with E-state index in [9.17, 15) is 4.79 Å². The molecule has 0 aliphatic heterocycles. The molecule has 4 heteroatoms. The van der Waals surface area contributed by atoms with E-state index in [1.807, 2.05) is 13.0 Å². The monoisotopic (exact) mass is 237 g/mol. The number of esters is 1. The van der Waals surface area contributed by atoms with Gasteiger partial charge in [-0.05, 0) is 18.1 Å². The van der Waals surface area contributed by atoms with E-state index in [1.165, 1.54) is 0 Å². The summed E-state index contributed by atoms with van der Waals surface area (Å²) in [6.45, 7) is 4.41. The molecule has 0 radical (unpaired) electrons. The van der Waals surface area contributed by atoms with Gasteiger partial charge in [0.1, 0.15) is 5.75 Å². The SMILES string of the molecule is CCC(C)COC(=O)COc1ccccc1N. The van der Waals surface area contributed by atoms with Gasteiger partial charge < -0.3 is 15.2 Å². The van der Waals surface area contributed by atoms with Gasteiger partial charge in [-0.15, -0.1) is 0 Å². The maximum Gasteiger partial charge on any atom is 0.344 e. The molecule has 1 rings (SSSR count). The van der Waals surface area contributed by atoms with Gasteiger partial charge in [-0.2, -0.15) is 0 Å². The lowest BCUT2D eigenvalue weighted by Gasteiger charge is -2.11. The van der Waals surface area contributed by atoms with Crippen LogP contribution in [-0.4, -0.2) is 19.2 Å². The van der Waals surface area contributed by atoms with Crippen molar-refractivity contribution in [2.45, 2.75) is 20.3 Å². The summed E-state index contributed by atoms with van der Waals surface area (Å²) in [4.78, 5) is 11.4. The van der Waals surface area contributed by atoms with Gasteiger partial charge >= 0.3 is 5.97 Å². The lowest BCUT2D eigenvalue weighted by atomic mass is 10.1. The molecule has 1 aromatic carbocycles. The highest BCUT2D eigenvalue weighted by Gasteiger charge is 2.07. The zero-order chi connectivity index (χ0) is 12.7. The fourth-order valence-electron chi connectivity index (χ4n) is 1.14. The first kappa shape index (κ1) is 13.4. The second-order valence-corrected chi connectivity index (χ2v) is 4.02. The molecule has 94 valence electrons. The zero-order valence-electron chi connectivity index (χ0n) is 10.3. The Labute approximate surface area is 102 Å². The molecule has 0 saturated heterocycles. The lowest BCUT2D eigenvalue weighted by molar-refractivity contribution is -0.147. The Morgan fingerprint density at radius 2 is 2.12 bits per heavy atom. The smallest absolute Gasteiger partial charge is 0.344 e. The number of rotatable bonds is 6. The van der Waals surface area contributed by atoms with E-state index in [2.05, 4.69) is 6.92 Å². The largest absolute Gasteiger partial charge is 0.480 e. The first-order chi connectivity index (χ1) is 8.13. The molecule has 0 bridgehead atoms. The molecule has 0 fully saturated rings. The van der Waals surface area contributed by atoms with Crippen LogP contribution in [-0.2, 0) is 9.53 Å². The van der Waals surface area contributed by atoms with E-state index in [4.69, 9.17) is 15.2 Å². The summed E-state index contributed by atoms with van der Waals surface area (Å²) >= 11 is 0. The van der Waals surface area contributed by atoms with E-state index < -0.39 is 0 Å². The zero-order valence-corrected chi connectivity index (χ0v) is 10.3. The number of nitrogen functional groups attached to an aromatic ring is 1. The van der Waals surface area contributed by atoms with Crippen LogP contribution in [0.3, 0.4) is 0 Å². The van der Waals surface area contributed by atoms with Gasteiger partial charge in [0.15, 0.2) is 6.61 Å². The van der Waals surface area contributed by atoms with Gasteiger partial charge in [0, 0.05) is 0 Å². The fraction of sp³-hybridized carbons (Fsp3) is 0.462. The second kappa shape index (κ2) is 6.78. The number of hydrogen-bond acceptors (Lipinski definition) is 4. The lowest BCUT2D eigenvalue weighted by Crippen LogP contribution is -2.18. The Balaban J connectivity index is 2.31. The third-order valence-corrected chi connectivity index (χ3v) is 2.49. The van der Waals surface area contributed by atoms with Crippen LogP contribution in [0, 0.1) is 5.92 Å². The molecule has 1 unspecified atom stereocenters. The molecule has 4 nitrogen and oxygen atoms in total. The van der Waals surface area contributed by atoms with E-state index in [0.717, 1.165) is 6.42 Å². The first-order valence-electron chi connectivity index (χ1n) is 5.76. The van der Waals surface area contributed by atoms with Crippen LogP contribution in [0.25, 0.3) is 0 Å². The van der Waals surface area contributed by atoms with E-state index in [1.54, 1.807) is 18.2 Å². The van der Waals surface area contributed by atoms with Crippen molar-refractivity contribution in [3.63, 3.8) is 0 Å². The van der Waals surface area contributed by atoms with E-state index in [0.29, 0.717) is 24.0 Å². The van der Waals surface area contributed by atoms with Gasteiger partial charge in [-0.3, -0.25) is 0 Å². The number of ether oxygens (including phenoxy) is 2. The second-order valence-electron chi connectivity index (χ2n) is 4.02. The van der Waals surface area contributed by atoms with Crippen molar-refractivity contribution in [2.75, 3.05) is 18.9 Å². The van der Waals surface area contributed by atoms with Crippen molar-refractivity contribution in [2.24, 2.45) is 5.92 Å². The average Bonchev–Trinajstić information content (AvgIpc) is 2.35. The fourth-order valence-corrected chi connectivity index (χ4v) is 1.14. The van der Waals surface area contributed by atoms with Crippen LogP contribution >= 0.6 is 0 Å². The number of carbonyl (C=O) groups excluding carboxylic acids is 1. The average molecular weight is 237 g/mol. The molecule has 17 heavy (non-hydrogen) atoms. The molecule has 1 atom stereocenters. The molecule has 0 aliphatic carbocycles. The van der Waals surface area contributed by atoms with Crippen LogP contribution in [0.4, 0.5) is 5.69 Å². The molecule has 0 saturated carbocycles. The first-order valence-corrected chi connectivity index (χ1v) is 5.76. The van der Waals surface area contributed by atoms with Crippen LogP contribution in [0.2, 0.25) is 0 Å². The molecular formula is C13H19NO3. The van der Waals surface area contributed by atoms with Crippen LogP contribution in [0.15, 0.2) is 24.3 Å². The minimum absolute atomic E-state index is 0.107. The predicted molar refractivity (Wildman–Crippen MR) is 66.8 cm³/mol. The van der Waals surface area contributed by atoms with Crippen LogP contribution in [0.5, 0.6) is 5.75 Å². The van der Waals surface area contributed by atoms with Gasteiger partial charge in [-0.1, -0.05) is 32.4 Å². The molecule has 0 aliphatic rings. The maximum absolute atomic E-state index is 11.4. The standard InChI is InChI=1S/C13H19NO3/c1-3-10(2)8-17-13(15)9-16-12-7-5-4-6-11(12)14/h4-7,10H,3,8-9,14H2,1-2H3. The molecule has 2 N–H and O–H groups in total. The van der Waals surface area contributed by atoms with Crippen LogP contribution < -0.4 is 10.5 Å². The van der Waals surface area contributed by atoms with Crippen molar-refractivity contribution >= 4 is 11.7 Å². The molecule has 0 spiro atoms. The highest BCUT2D eigenvalue weighted by molar-refractivity contribution is 5.71. The summed E-state index contributed by atoms with van der Waals surface area (Å²) in [7, 11) is 0. The van der Waals surface area contributed by atoms with Crippen molar-refractivity contribution in [3.05, 3.63) is 24.3 Å². The molecule has 0 aromatic heterocycles. The number of hydrogen-bond donors (Lipinski definition) is 1. The Kier molecular flexibility index (Phi) is 5.33. The van der Waals surface area contributed by atoms with Gasteiger partial charge in [0.05, 0.1) is 12.3 Å². The highest BCUT2D eigenvalue weighted by Crippen LogP contribution is 2.19. The van der Waals surface area contributed by atoms with Crippen molar-refractivity contribution < 1.29 is 14.3 Å². The third kappa shape index (κ3) is 4.76. The van der Waals surface area contributed by atoms with Gasteiger partial charge in [0.2, 0.25) is 0 Å². The van der Waals surface area contributed by atoms with E-state index >= 15 is 0 Å². The highest BCUT2D eigenvalue weighted by atomic mass is 16.6. The minimum Gasteiger partial charge on any atom is -0.480 e. The number of anilines is 1. The van der Waals surface area contributed by atoms with Gasteiger partial charge in [0.25, 0.3) is 0 Å². The Morgan fingerprint density at radius 1 is 1.41 bits per heavy atom. The number of benzene rings is 1. The molecule has 0 heterocycles. The summed E-state index contributed by atoms with van der Waals surface area (Å²) in [5.41, 5.74) is 6.19. The van der Waals surface area contributed by atoms with E-state index in [-0.39, 0.29) is 12.6 Å². The number of nitrogens with two attached hydrogens (primary N) is 1. The summed E-state index contributed by atoms with van der Waals surface area (Å²) in [6.07, 6.45) is 0.986. The summed E-state index contributed by atoms with van der Waals surface area (Å²) in [5.74, 6) is 0.516. The quantitative estimate of drug-likeness (QED) is 0.609. The van der Waals surface area contributed by atoms with Crippen molar-refractivity contribution in [1.82, 2.24) is 0 Å². The predicted octanol–water partition coefficient (Wildman–Crippen LogP) is 2.24. The normalized spacial score (nSPS) is 11.9. The topological polar surface area (TPSA) is 61.5 Å². The van der Waals surface area contributed by atoms with Crippen LogP contribution in [0.1, 0.15) is 20.3 Å².